The van der Waals surface area contributed by atoms with Crippen LogP contribution < -0.4 is 0 Å². The lowest BCUT2D eigenvalue weighted by molar-refractivity contribution is -0.444. The van der Waals surface area contributed by atoms with E-state index in [1.165, 1.54) is 0 Å². The summed E-state index contributed by atoms with van der Waals surface area (Å²) in [5.74, 6) is -37.8. The molecule has 0 amide bonds. The minimum atomic E-state index is -7.99. The van der Waals surface area contributed by atoms with Gasteiger partial charge in [-0.1, -0.05) is 31.2 Å². The van der Waals surface area contributed by atoms with E-state index < -0.39 is 47.5 Å². The van der Waals surface area contributed by atoms with E-state index in [4.69, 9.17) is 0 Å². The van der Waals surface area contributed by atoms with E-state index in [9.17, 15) is 62.2 Å². The molecular weight excluding hydrogens is 443 g/mol. The third kappa shape index (κ3) is 3.63. The molecule has 0 saturated heterocycles. The minimum absolute atomic E-state index is 0.278. The first-order chi connectivity index (χ1) is 12.7. The van der Waals surface area contributed by atoms with Crippen LogP contribution in [0.3, 0.4) is 0 Å². The minimum Gasteiger partial charge on any atom is -0.382 e. The third-order valence-corrected chi connectivity index (χ3v) is 4.00. The number of halogens is 13. The highest BCUT2D eigenvalue weighted by molar-refractivity contribution is 5.27. The van der Waals surface area contributed by atoms with Crippen molar-refractivity contribution in [1.82, 2.24) is 0 Å². The van der Waals surface area contributed by atoms with Gasteiger partial charge in [-0.15, -0.1) is 0 Å². The van der Waals surface area contributed by atoms with Crippen molar-refractivity contribution in [2.45, 2.75) is 55.2 Å². The zero-order chi connectivity index (χ0) is 23.3. The van der Waals surface area contributed by atoms with Crippen LogP contribution in [0.15, 0.2) is 24.3 Å². The van der Waals surface area contributed by atoms with E-state index >= 15 is 0 Å². The van der Waals surface area contributed by atoms with Gasteiger partial charge in [0.15, 0.2) is 0 Å². The molecule has 0 radical (unpaired) electrons. The predicted octanol–water partition coefficient (Wildman–Crippen LogP) is 6.02. The van der Waals surface area contributed by atoms with Crippen molar-refractivity contribution < 1.29 is 62.2 Å². The van der Waals surface area contributed by atoms with Crippen LogP contribution in [0.1, 0.15) is 24.2 Å². The molecule has 14 heteroatoms. The Kier molecular flexibility index (Phi) is 6.28. The Morgan fingerprint density at radius 3 is 1.38 bits per heavy atom. The summed E-state index contributed by atoms with van der Waals surface area (Å²) < 4.78 is 170. The molecule has 1 atom stereocenters. The van der Waals surface area contributed by atoms with Gasteiger partial charge in [0, 0.05) is 0 Å². The maximum atomic E-state index is 13.8. The van der Waals surface area contributed by atoms with Crippen molar-refractivity contribution in [2.75, 3.05) is 0 Å². The number of hydrogen-bond donors (Lipinski definition) is 1. The summed E-state index contributed by atoms with van der Waals surface area (Å²) in [6.45, 7) is 1.55. The van der Waals surface area contributed by atoms with Gasteiger partial charge in [-0.3, -0.25) is 0 Å². The van der Waals surface area contributed by atoms with E-state index in [2.05, 4.69) is 0 Å². The highest BCUT2D eigenvalue weighted by Gasteiger charge is 2.91. The number of hydrogen-bond acceptors (Lipinski definition) is 1. The molecular formula is C15H11F13O. The molecule has 0 heterocycles. The van der Waals surface area contributed by atoms with Crippen LogP contribution in [0.25, 0.3) is 0 Å². The first kappa shape index (κ1) is 25.3. The standard InChI is InChI=1S/C15H11F13O/c1-2-7-3-5-8(6-4-7)9(29)10(16,17)11(18,19)12(20,21)13(22,23)14(24,25)15(26,27)28/h3-6,9,29H,2H2,1H3. The third-order valence-electron chi connectivity index (χ3n) is 4.00. The first-order valence-corrected chi connectivity index (χ1v) is 7.42. The lowest BCUT2D eigenvalue weighted by Crippen LogP contribution is -2.70. The number of aliphatic hydroxyl groups is 1. The second-order valence-electron chi connectivity index (χ2n) is 5.92. The largest absolute Gasteiger partial charge is 0.460 e. The number of alkyl halides is 13. The Morgan fingerprint density at radius 2 is 1.03 bits per heavy atom. The van der Waals surface area contributed by atoms with E-state index in [0.29, 0.717) is 17.7 Å². The normalized spacial score (nSPS) is 16.1. The topological polar surface area (TPSA) is 20.2 Å². The lowest BCUT2D eigenvalue weighted by Gasteiger charge is -2.40. The lowest BCUT2D eigenvalue weighted by atomic mass is 9.89. The average Bonchev–Trinajstić information content (AvgIpc) is 2.59. The van der Waals surface area contributed by atoms with Gasteiger partial charge in [0.2, 0.25) is 0 Å². The molecule has 0 fully saturated rings. The average molecular weight is 454 g/mol. The summed E-state index contributed by atoms with van der Waals surface area (Å²) in [4.78, 5) is 0. The second-order valence-corrected chi connectivity index (χ2v) is 5.92. The predicted molar refractivity (Wildman–Crippen MR) is 71.6 cm³/mol. The van der Waals surface area contributed by atoms with Crippen molar-refractivity contribution in [2.24, 2.45) is 0 Å². The molecule has 1 unspecified atom stereocenters. The SMILES string of the molecule is CCc1ccc(C(O)C(F)(F)C(F)(F)C(F)(F)C(F)(F)C(F)(F)C(F)(F)F)cc1. The van der Waals surface area contributed by atoms with E-state index in [1.807, 2.05) is 0 Å². The van der Waals surface area contributed by atoms with Crippen molar-refractivity contribution in [3.63, 3.8) is 0 Å². The summed E-state index contributed by atoms with van der Waals surface area (Å²) in [6.07, 6.45) is -11.1. The van der Waals surface area contributed by atoms with Crippen molar-refractivity contribution in [1.29, 1.82) is 0 Å². The van der Waals surface area contributed by atoms with Crippen LogP contribution in [0, 0.1) is 0 Å². The first-order valence-electron chi connectivity index (χ1n) is 7.42. The van der Waals surface area contributed by atoms with Gasteiger partial charge in [-0.2, -0.15) is 57.1 Å². The number of aliphatic hydroxyl groups excluding tert-OH is 1. The summed E-state index contributed by atoms with van der Waals surface area (Å²) in [7, 11) is 0. The van der Waals surface area contributed by atoms with E-state index in [1.54, 1.807) is 6.92 Å². The van der Waals surface area contributed by atoms with Crippen LogP contribution >= 0.6 is 0 Å². The van der Waals surface area contributed by atoms with Crippen LogP contribution in [0.2, 0.25) is 0 Å². The smallest absolute Gasteiger partial charge is 0.382 e. The van der Waals surface area contributed by atoms with Crippen LogP contribution in [-0.2, 0) is 6.42 Å². The summed E-state index contributed by atoms with van der Waals surface area (Å²) in [5.41, 5.74) is -0.814. The molecule has 168 valence electrons. The molecule has 1 aromatic carbocycles. The zero-order valence-electron chi connectivity index (χ0n) is 14.0. The molecule has 0 aromatic heterocycles. The summed E-state index contributed by atoms with van der Waals surface area (Å²) >= 11 is 0. The fourth-order valence-electron chi connectivity index (χ4n) is 2.10. The maximum absolute atomic E-state index is 13.8. The molecule has 0 saturated carbocycles. The monoisotopic (exact) mass is 454 g/mol. The highest BCUT2D eigenvalue weighted by Crippen LogP contribution is 2.61. The van der Waals surface area contributed by atoms with Gasteiger partial charge in [-0.05, 0) is 17.5 Å². The Morgan fingerprint density at radius 1 is 0.655 bits per heavy atom. The van der Waals surface area contributed by atoms with E-state index in [0.717, 1.165) is 12.1 Å². The fraction of sp³-hybridized carbons (Fsp3) is 0.600. The van der Waals surface area contributed by atoms with E-state index in [-0.39, 0.29) is 6.42 Å². The van der Waals surface area contributed by atoms with Crippen molar-refractivity contribution in [3.8, 4) is 0 Å². The van der Waals surface area contributed by atoms with Gasteiger partial charge in [0.25, 0.3) is 0 Å². The Hall–Kier alpha value is -1.73. The summed E-state index contributed by atoms with van der Waals surface area (Å²) in [6, 6.07) is 3.01. The fourth-order valence-corrected chi connectivity index (χ4v) is 2.10. The number of rotatable bonds is 7. The van der Waals surface area contributed by atoms with Crippen molar-refractivity contribution >= 4 is 0 Å². The molecule has 29 heavy (non-hydrogen) atoms. The quantitative estimate of drug-likeness (QED) is 0.500. The molecule has 0 aliphatic carbocycles. The Labute approximate surface area is 154 Å². The zero-order valence-corrected chi connectivity index (χ0v) is 14.0. The van der Waals surface area contributed by atoms with Crippen molar-refractivity contribution in [3.05, 3.63) is 35.4 Å². The van der Waals surface area contributed by atoms with Crippen LogP contribution in [0.5, 0.6) is 0 Å². The Bertz CT molecular complexity index is 706. The molecule has 1 nitrogen and oxygen atoms in total. The maximum Gasteiger partial charge on any atom is 0.460 e. The molecule has 1 aromatic rings. The van der Waals surface area contributed by atoms with Gasteiger partial charge < -0.3 is 5.11 Å². The second kappa shape index (κ2) is 7.20. The number of aryl methyl sites for hydroxylation is 1. The van der Waals surface area contributed by atoms with Gasteiger partial charge in [0.05, 0.1) is 0 Å². The molecule has 0 spiro atoms. The number of benzene rings is 1. The molecule has 0 aliphatic rings. The van der Waals surface area contributed by atoms with Gasteiger partial charge in [-0.25, -0.2) is 0 Å². The Balaban J connectivity index is 3.48. The molecule has 1 N–H and O–H groups in total. The van der Waals surface area contributed by atoms with Crippen LogP contribution in [0.4, 0.5) is 57.1 Å². The van der Waals surface area contributed by atoms with Crippen LogP contribution in [-0.4, -0.2) is 40.9 Å². The summed E-state index contributed by atoms with van der Waals surface area (Å²) in [5, 5.41) is 9.32. The molecule has 0 aliphatic heterocycles. The molecule has 0 bridgehead atoms. The van der Waals surface area contributed by atoms with Gasteiger partial charge in [0.1, 0.15) is 6.10 Å². The van der Waals surface area contributed by atoms with Gasteiger partial charge >= 0.3 is 35.8 Å². The molecule has 1 rings (SSSR count). The highest BCUT2D eigenvalue weighted by atomic mass is 19.4.